The van der Waals surface area contributed by atoms with Crippen molar-refractivity contribution in [2.24, 2.45) is 0 Å². The van der Waals surface area contributed by atoms with Crippen molar-refractivity contribution in [1.29, 1.82) is 0 Å². The third-order valence-corrected chi connectivity index (χ3v) is 1.51. The molecule has 2 heteroatoms. The van der Waals surface area contributed by atoms with Gasteiger partial charge in [0.1, 0.15) is 6.10 Å². The first kappa shape index (κ1) is 10.5. The maximum Gasteiger partial charge on any atom is 0.108 e. The lowest BCUT2D eigenvalue weighted by Gasteiger charge is -2.20. The average molecular weight is 157 g/mol. The molecule has 0 saturated heterocycles. The lowest BCUT2D eigenvalue weighted by molar-refractivity contribution is 0.100. The summed E-state index contributed by atoms with van der Waals surface area (Å²) >= 11 is 0. The lowest BCUT2D eigenvalue weighted by Crippen LogP contribution is -2.28. The summed E-state index contributed by atoms with van der Waals surface area (Å²) in [4.78, 5) is 2.22. The van der Waals surface area contributed by atoms with E-state index in [2.05, 4.69) is 32.4 Å². The minimum absolute atomic E-state index is 0.248. The van der Waals surface area contributed by atoms with Crippen LogP contribution in [0.1, 0.15) is 20.8 Å². The van der Waals surface area contributed by atoms with E-state index in [4.69, 9.17) is 4.74 Å². The lowest BCUT2D eigenvalue weighted by atomic mass is 10.3. The molecule has 2 nitrogen and oxygen atoms in total. The summed E-state index contributed by atoms with van der Waals surface area (Å²) in [6.07, 6.45) is 0.248. The van der Waals surface area contributed by atoms with Crippen molar-refractivity contribution in [3.05, 3.63) is 12.3 Å². The Labute approximate surface area is 69.8 Å². The number of hydrogen-bond donors (Lipinski definition) is 0. The van der Waals surface area contributed by atoms with Crippen LogP contribution in [0.3, 0.4) is 0 Å². The molecular formula is C9H19NO. The van der Waals surface area contributed by atoms with E-state index < -0.39 is 0 Å². The molecule has 0 aliphatic heterocycles. The van der Waals surface area contributed by atoms with Gasteiger partial charge in [-0.15, -0.1) is 0 Å². The molecule has 1 atom stereocenters. The fourth-order valence-corrected chi connectivity index (χ4v) is 0.949. The Morgan fingerprint density at radius 1 is 1.64 bits per heavy atom. The van der Waals surface area contributed by atoms with Gasteiger partial charge in [-0.3, -0.25) is 0 Å². The summed E-state index contributed by atoms with van der Waals surface area (Å²) in [5, 5.41) is 0. The molecule has 66 valence electrons. The van der Waals surface area contributed by atoms with E-state index in [1.54, 1.807) is 0 Å². The van der Waals surface area contributed by atoms with E-state index in [1.807, 2.05) is 6.92 Å². The third-order valence-electron chi connectivity index (χ3n) is 1.51. The first-order valence-corrected chi connectivity index (χ1v) is 4.07. The van der Waals surface area contributed by atoms with E-state index in [0.717, 1.165) is 18.8 Å². The van der Waals surface area contributed by atoms with Crippen LogP contribution in [0.4, 0.5) is 0 Å². The molecule has 0 heterocycles. The van der Waals surface area contributed by atoms with Gasteiger partial charge in [-0.2, -0.15) is 0 Å². The zero-order valence-electron chi connectivity index (χ0n) is 8.05. The van der Waals surface area contributed by atoms with Gasteiger partial charge in [-0.05, 0) is 27.4 Å². The maximum absolute atomic E-state index is 5.39. The highest BCUT2D eigenvalue weighted by molar-refractivity contribution is 4.76. The molecule has 0 aromatic heterocycles. The van der Waals surface area contributed by atoms with Crippen molar-refractivity contribution >= 4 is 0 Å². The Kier molecular flexibility index (Phi) is 4.95. The Morgan fingerprint density at radius 2 is 2.18 bits per heavy atom. The number of hydrogen-bond acceptors (Lipinski definition) is 2. The van der Waals surface area contributed by atoms with Gasteiger partial charge in [0.2, 0.25) is 0 Å². The van der Waals surface area contributed by atoms with Crippen LogP contribution < -0.4 is 0 Å². The molecule has 0 spiro atoms. The van der Waals surface area contributed by atoms with Crippen molar-refractivity contribution in [3.8, 4) is 0 Å². The van der Waals surface area contributed by atoms with Crippen LogP contribution in [0.2, 0.25) is 0 Å². The zero-order valence-corrected chi connectivity index (χ0v) is 8.05. The Bertz CT molecular complexity index is 123. The summed E-state index contributed by atoms with van der Waals surface area (Å²) in [7, 11) is 2.08. The van der Waals surface area contributed by atoms with Crippen LogP contribution in [0.25, 0.3) is 0 Å². The molecule has 0 fully saturated rings. The van der Waals surface area contributed by atoms with Crippen LogP contribution >= 0.6 is 0 Å². The highest BCUT2D eigenvalue weighted by Gasteiger charge is 2.04. The molecule has 0 aliphatic carbocycles. The van der Waals surface area contributed by atoms with Crippen molar-refractivity contribution in [1.82, 2.24) is 4.90 Å². The van der Waals surface area contributed by atoms with Gasteiger partial charge in [-0.1, -0.05) is 13.5 Å². The largest absolute Gasteiger partial charge is 0.495 e. The maximum atomic E-state index is 5.39. The van der Waals surface area contributed by atoms with Gasteiger partial charge in [0, 0.05) is 6.54 Å². The smallest absolute Gasteiger partial charge is 0.108 e. The molecule has 1 unspecified atom stereocenters. The van der Waals surface area contributed by atoms with Crippen LogP contribution in [-0.2, 0) is 4.74 Å². The van der Waals surface area contributed by atoms with E-state index in [0.29, 0.717) is 0 Å². The fourth-order valence-electron chi connectivity index (χ4n) is 0.949. The third kappa shape index (κ3) is 5.92. The van der Waals surface area contributed by atoms with Gasteiger partial charge in [0.15, 0.2) is 0 Å². The Morgan fingerprint density at radius 3 is 2.55 bits per heavy atom. The predicted octanol–water partition coefficient (Wildman–Crippen LogP) is 1.88. The first-order chi connectivity index (χ1) is 5.06. The quantitative estimate of drug-likeness (QED) is 0.565. The van der Waals surface area contributed by atoms with Gasteiger partial charge in [-0.25, -0.2) is 0 Å². The number of nitrogens with zero attached hydrogens (tertiary/aromatic N) is 1. The summed E-state index contributed by atoms with van der Waals surface area (Å²) in [5.41, 5.74) is 0. The molecule has 0 aromatic rings. The van der Waals surface area contributed by atoms with Crippen molar-refractivity contribution < 1.29 is 4.74 Å². The molecule has 0 aromatic carbocycles. The van der Waals surface area contributed by atoms with E-state index in [-0.39, 0.29) is 6.10 Å². The number of allylic oxidation sites excluding steroid dienone is 1. The van der Waals surface area contributed by atoms with Crippen LogP contribution in [-0.4, -0.2) is 31.1 Å². The van der Waals surface area contributed by atoms with Crippen molar-refractivity contribution in [3.63, 3.8) is 0 Å². The minimum atomic E-state index is 0.248. The average Bonchev–Trinajstić information content (AvgIpc) is 1.85. The molecule has 0 rings (SSSR count). The summed E-state index contributed by atoms with van der Waals surface area (Å²) in [5.74, 6) is 0.794. The number of likely N-dealkylation sites (N-methyl/N-ethyl adjacent to an activating group) is 1. The van der Waals surface area contributed by atoms with Gasteiger partial charge in [0.25, 0.3) is 0 Å². The standard InChI is InChI=1S/C9H19NO/c1-6-10(5)7-9(4)11-8(2)3/h9H,2,6-7H2,1,3-5H3. The Hall–Kier alpha value is -0.500. The van der Waals surface area contributed by atoms with Gasteiger partial charge in [0.05, 0.1) is 5.76 Å². The second kappa shape index (κ2) is 5.19. The van der Waals surface area contributed by atoms with E-state index in [1.165, 1.54) is 0 Å². The van der Waals surface area contributed by atoms with Gasteiger partial charge < -0.3 is 9.64 Å². The molecule has 0 saturated carbocycles. The van der Waals surface area contributed by atoms with Crippen LogP contribution in [0.5, 0.6) is 0 Å². The summed E-state index contributed by atoms with van der Waals surface area (Å²) in [6.45, 7) is 11.8. The monoisotopic (exact) mass is 157 g/mol. The molecule has 0 bridgehead atoms. The van der Waals surface area contributed by atoms with E-state index >= 15 is 0 Å². The number of rotatable bonds is 5. The predicted molar refractivity (Wildman–Crippen MR) is 48.5 cm³/mol. The molecule has 0 radical (unpaired) electrons. The van der Waals surface area contributed by atoms with Crippen LogP contribution in [0, 0.1) is 0 Å². The SMILES string of the molecule is C=C(C)OC(C)CN(C)CC. The highest BCUT2D eigenvalue weighted by Crippen LogP contribution is 1.99. The molecule has 0 aliphatic rings. The second-order valence-electron chi connectivity index (χ2n) is 2.99. The summed E-state index contributed by atoms with van der Waals surface area (Å²) < 4.78 is 5.39. The molecular weight excluding hydrogens is 138 g/mol. The Balaban J connectivity index is 3.51. The molecule has 11 heavy (non-hydrogen) atoms. The van der Waals surface area contributed by atoms with E-state index in [9.17, 15) is 0 Å². The number of ether oxygens (including phenoxy) is 1. The normalized spacial score (nSPS) is 13.2. The highest BCUT2D eigenvalue weighted by atomic mass is 16.5. The van der Waals surface area contributed by atoms with Crippen LogP contribution in [0.15, 0.2) is 12.3 Å². The summed E-state index contributed by atoms with van der Waals surface area (Å²) in [6, 6.07) is 0. The second-order valence-corrected chi connectivity index (χ2v) is 2.99. The van der Waals surface area contributed by atoms with Crippen molar-refractivity contribution in [2.75, 3.05) is 20.1 Å². The first-order valence-electron chi connectivity index (χ1n) is 4.07. The van der Waals surface area contributed by atoms with Crippen molar-refractivity contribution in [2.45, 2.75) is 26.9 Å². The topological polar surface area (TPSA) is 12.5 Å². The zero-order chi connectivity index (χ0) is 8.85. The molecule has 0 N–H and O–H groups in total. The fraction of sp³-hybridized carbons (Fsp3) is 0.778. The van der Waals surface area contributed by atoms with Gasteiger partial charge >= 0.3 is 0 Å². The minimum Gasteiger partial charge on any atom is -0.495 e. The molecule has 0 amide bonds.